The minimum atomic E-state index is -1.26. The summed E-state index contributed by atoms with van der Waals surface area (Å²) in [5.74, 6) is -2.34. The number of aromatic amines is 2. The first-order valence-electron chi connectivity index (χ1n) is 15.6. The molecule has 0 aliphatic heterocycles. The Bertz CT molecular complexity index is 1720. The monoisotopic (exact) mass is 630 g/mol. The Kier molecular flexibility index (Phi) is 10.9. The lowest BCUT2D eigenvalue weighted by atomic mass is 9.98. The quantitative estimate of drug-likeness (QED) is 0.0917. The van der Waals surface area contributed by atoms with Crippen molar-refractivity contribution in [2.24, 2.45) is 17.2 Å². The fraction of sp³-hybridized carbons (Fsp3) is 0.412. The number of amides is 4. The van der Waals surface area contributed by atoms with Crippen molar-refractivity contribution in [3.8, 4) is 0 Å². The van der Waals surface area contributed by atoms with Crippen molar-refractivity contribution in [3.05, 3.63) is 71.0 Å². The van der Waals surface area contributed by atoms with Crippen LogP contribution in [0.1, 0.15) is 55.6 Å². The molecule has 2 aromatic carbocycles. The lowest BCUT2D eigenvalue weighted by molar-refractivity contribution is -0.134. The number of carbonyl (C=O) groups excluding carboxylic acids is 4. The third kappa shape index (κ3) is 8.12. The number of hydrogen-bond acceptors (Lipinski definition) is 6. The summed E-state index contributed by atoms with van der Waals surface area (Å²) in [5.41, 5.74) is 21.3. The van der Waals surface area contributed by atoms with Crippen molar-refractivity contribution in [2.75, 3.05) is 6.54 Å². The number of aryl methyl sites for hydroxylation is 2. The van der Waals surface area contributed by atoms with Crippen molar-refractivity contribution in [1.29, 1.82) is 0 Å². The van der Waals surface area contributed by atoms with Gasteiger partial charge in [-0.1, -0.05) is 36.4 Å². The van der Waals surface area contributed by atoms with Crippen LogP contribution >= 0.6 is 0 Å². The molecule has 4 rings (SSSR count). The first-order valence-corrected chi connectivity index (χ1v) is 15.6. The van der Waals surface area contributed by atoms with Crippen LogP contribution in [0.25, 0.3) is 21.8 Å². The second-order valence-electron chi connectivity index (χ2n) is 12.5. The van der Waals surface area contributed by atoms with E-state index in [1.807, 2.05) is 62.4 Å². The Hall–Kier alpha value is -4.68. The van der Waals surface area contributed by atoms with Crippen LogP contribution in [0.15, 0.2) is 48.5 Å². The lowest BCUT2D eigenvalue weighted by Gasteiger charge is -2.27. The van der Waals surface area contributed by atoms with E-state index < -0.39 is 47.3 Å². The molecule has 4 aromatic rings. The third-order valence-corrected chi connectivity index (χ3v) is 8.32. The van der Waals surface area contributed by atoms with Crippen LogP contribution in [-0.4, -0.2) is 63.8 Å². The zero-order valence-electron chi connectivity index (χ0n) is 27.0. The summed E-state index contributed by atoms with van der Waals surface area (Å²) in [5, 5.41) is 10.3. The van der Waals surface area contributed by atoms with E-state index in [9.17, 15) is 19.2 Å². The van der Waals surface area contributed by atoms with Crippen LogP contribution in [0.4, 0.5) is 0 Å². The summed E-state index contributed by atoms with van der Waals surface area (Å²) in [6.45, 7) is 7.36. The molecular weight excluding hydrogens is 584 g/mol. The van der Waals surface area contributed by atoms with E-state index in [2.05, 4.69) is 25.9 Å². The van der Waals surface area contributed by atoms with Crippen molar-refractivity contribution in [1.82, 2.24) is 25.9 Å². The molecule has 46 heavy (non-hydrogen) atoms. The molecule has 0 saturated carbocycles. The number of primary amides is 1. The van der Waals surface area contributed by atoms with E-state index in [-0.39, 0.29) is 12.8 Å². The third-order valence-electron chi connectivity index (χ3n) is 8.32. The van der Waals surface area contributed by atoms with Gasteiger partial charge in [0.05, 0.1) is 5.54 Å². The van der Waals surface area contributed by atoms with Crippen LogP contribution in [0.5, 0.6) is 0 Å². The molecule has 3 atom stereocenters. The molecule has 0 fully saturated rings. The number of nitrogens with one attached hydrogen (secondary N) is 5. The number of hydrogen-bond donors (Lipinski definition) is 8. The maximum atomic E-state index is 14.1. The number of carbonyl (C=O) groups is 4. The summed E-state index contributed by atoms with van der Waals surface area (Å²) in [7, 11) is 0. The van der Waals surface area contributed by atoms with Crippen molar-refractivity contribution in [3.63, 3.8) is 0 Å². The van der Waals surface area contributed by atoms with E-state index in [0.717, 1.165) is 44.3 Å². The van der Waals surface area contributed by atoms with Crippen molar-refractivity contribution in [2.45, 2.75) is 83.5 Å². The van der Waals surface area contributed by atoms with Gasteiger partial charge in [-0.25, -0.2) is 0 Å². The molecule has 4 amide bonds. The highest BCUT2D eigenvalue weighted by Crippen LogP contribution is 2.25. The highest BCUT2D eigenvalue weighted by molar-refractivity contribution is 5.96. The molecule has 11 N–H and O–H groups in total. The Morgan fingerprint density at radius 2 is 1.20 bits per heavy atom. The van der Waals surface area contributed by atoms with Crippen LogP contribution in [-0.2, 0) is 32.0 Å². The first kappa shape index (κ1) is 34.2. The van der Waals surface area contributed by atoms with Gasteiger partial charge in [0.25, 0.3) is 0 Å². The topological polar surface area (TPSA) is 214 Å². The predicted molar refractivity (Wildman–Crippen MR) is 180 cm³/mol. The molecule has 0 spiro atoms. The number of nitrogens with two attached hydrogens (primary N) is 3. The maximum Gasteiger partial charge on any atom is 0.243 e. The molecule has 0 bridgehead atoms. The highest BCUT2D eigenvalue weighted by atomic mass is 16.2. The summed E-state index contributed by atoms with van der Waals surface area (Å²) in [6.07, 6.45) is 1.84. The molecule has 0 aliphatic carbocycles. The van der Waals surface area contributed by atoms with Crippen LogP contribution in [0.3, 0.4) is 0 Å². The molecule has 2 heterocycles. The summed E-state index contributed by atoms with van der Waals surface area (Å²) in [6, 6.07) is 12.3. The largest absolute Gasteiger partial charge is 0.368 e. The molecular formula is C34H46N8O4. The van der Waals surface area contributed by atoms with Crippen molar-refractivity contribution >= 4 is 45.4 Å². The van der Waals surface area contributed by atoms with Crippen LogP contribution in [0.2, 0.25) is 0 Å². The highest BCUT2D eigenvalue weighted by Gasteiger charge is 2.33. The van der Waals surface area contributed by atoms with Gasteiger partial charge < -0.3 is 43.1 Å². The van der Waals surface area contributed by atoms with Gasteiger partial charge in [0.2, 0.25) is 23.6 Å². The molecule has 12 nitrogen and oxygen atoms in total. The fourth-order valence-corrected chi connectivity index (χ4v) is 5.69. The standard InChI is InChI=1S/C34H46N8O4/c1-19-23(21-11-5-7-13-25(21)38-19)17-28(31(44)40-27(30(36)43)15-9-10-16-35)41-32(45)29(42-33(46)34(3,4)37)18-24-20(2)39-26-14-8-6-12-22(24)26/h5-8,11-14,27-29,38-39H,9-10,15-18,35,37H2,1-4H3,(H2,36,43)(H,40,44)(H,41,45)(H,42,46)/t27-,28+,29+/m0/s1. The lowest BCUT2D eigenvalue weighted by Crippen LogP contribution is -2.60. The second-order valence-corrected chi connectivity index (χ2v) is 12.5. The zero-order chi connectivity index (χ0) is 33.6. The minimum Gasteiger partial charge on any atom is -0.368 e. The van der Waals surface area contributed by atoms with Gasteiger partial charge in [0.1, 0.15) is 18.1 Å². The summed E-state index contributed by atoms with van der Waals surface area (Å²) in [4.78, 5) is 60.0. The molecule has 12 heteroatoms. The van der Waals surface area contributed by atoms with E-state index in [1.54, 1.807) is 13.8 Å². The minimum absolute atomic E-state index is 0.122. The smallest absolute Gasteiger partial charge is 0.243 e. The van der Waals surface area contributed by atoms with Gasteiger partial charge >= 0.3 is 0 Å². The zero-order valence-corrected chi connectivity index (χ0v) is 27.0. The molecule has 246 valence electrons. The van der Waals surface area contributed by atoms with Gasteiger partial charge in [-0.3, -0.25) is 19.2 Å². The van der Waals surface area contributed by atoms with Gasteiger partial charge in [-0.05, 0) is 76.8 Å². The number of fused-ring (bicyclic) bond motifs is 2. The predicted octanol–water partition coefficient (Wildman–Crippen LogP) is 1.86. The first-order chi connectivity index (χ1) is 21.8. The van der Waals surface area contributed by atoms with E-state index in [4.69, 9.17) is 17.2 Å². The van der Waals surface area contributed by atoms with Gasteiger partial charge in [0, 0.05) is 46.0 Å². The fourth-order valence-electron chi connectivity index (χ4n) is 5.69. The molecule has 0 saturated heterocycles. The summed E-state index contributed by atoms with van der Waals surface area (Å²) >= 11 is 0. The number of para-hydroxylation sites is 2. The Morgan fingerprint density at radius 1 is 0.739 bits per heavy atom. The Labute approximate surface area is 268 Å². The van der Waals surface area contributed by atoms with Crippen LogP contribution < -0.4 is 33.2 Å². The average Bonchev–Trinajstić information content (AvgIpc) is 3.49. The number of benzene rings is 2. The number of H-pyrrole nitrogens is 2. The van der Waals surface area contributed by atoms with E-state index in [0.29, 0.717) is 25.8 Å². The normalized spacial score (nSPS) is 13.7. The second kappa shape index (κ2) is 14.6. The molecule has 0 unspecified atom stereocenters. The SMILES string of the molecule is Cc1[nH]c2ccccc2c1C[C@@H](NC(=O)[C@@H](Cc1c(C)[nH]c2ccccc12)NC(=O)C(C)(C)N)C(=O)N[C@@H](CCCCN)C(N)=O. The molecule has 0 aliphatic rings. The molecule has 0 radical (unpaired) electrons. The van der Waals surface area contributed by atoms with Gasteiger partial charge in [-0.15, -0.1) is 0 Å². The summed E-state index contributed by atoms with van der Waals surface area (Å²) < 4.78 is 0. The van der Waals surface area contributed by atoms with Crippen molar-refractivity contribution < 1.29 is 19.2 Å². The van der Waals surface area contributed by atoms with Crippen LogP contribution in [0, 0.1) is 13.8 Å². The Morgan fingerprint density at radius 3 is 1.65 bits per heavy atom. The number of unbranched alkanes of at least 4 members (excludes halogenated alkanes) is 1. The maximum absolute atomic E-state index is 14.1. The van der Waals surface area contributed by atoms with E-state index >= 15 is 0 Å². The van der Waals surface area contributed by atoms with Gasteiger partial charge in [0.15, 0.2) is 0 Å². The molecule has 2 aromatic heterocycles. The number of aromatic nitrogens is 2. The van der Waals surface area contributed by atoms with Gasteiger partial charge in [-0.2, -0.15) is 0 Å². The number of rotatable bonds is 15. The van der Waals surface area contributed by atoms with E-state index in [1.165, 1.54) is 0 Å². The Balaban J connectivity index is 1.68. The average molecular weight is 631 g/mol.